The van der Waals surface area contributed by atoms with E-state index >= 15 is 0 Å². The van der Waals surface area contributed by atoms with E-state index in [-0.39, 0.29) is 12.1 Å². The van der Waals surface area contributed by atoms with Crippen molar-refractivity contribution in [3.63, 3.8) is 0 Å². The Labute approximate surface area is 138 Å². The smallest absolute Gasteiger partial charge is 0.315 e. The summed E-state index contributed by atoms with van der Waals surface area (Å²) in [6.45, 7) is 2.82. The average Bonchev–Trinajstić information content (AvgIpc) is 3.35. The van der Waals surface area contributed by atoms with Crippen LogP contribution in [0.2, 0.25) is 0 Å². The monoisotopic (exact) mass is 308 g/mol. The van der Waals surface area contributed by atoms with E-state index in [1.165, 1.54) is 16.7 Å². The van der Waals surface area contributed by atoms with E-state index in [0.717, 1.165) is 19.3 Å². The molecule has 0 heterocycles. The van der Waals surface area contributed by atoms with Crippen molar-refractivity contribution in [1.29, 1.82) is 0 Å². The molecule has 2 N–H and O–H groups in total. The highest BCUT2D eigenvalue weighted by molar-refractivity contribution is 5.74. The van der Waals surface area contributed by atoms with Crippen molar-refractivity contribution in [2.24, 2.45) is 0 Å². The van der Waals surface area contributed by atoms with Crippen LogP contribution in [0.25, 0.3) is 0 Å². The fourth-order valence-corrected chi connectivity index (χ4v) is 2.90. The molecule has 2 aromatic carbocycles. The molecule has 120 valence electrons. The first-order valence-electron chi connectivity index (χ1n) is 8.43. The van der Waals surface area contributed by atoms with Gasteiger partial charge in [-0.15, -0.1) is 0 Å². The molecule has 1 aliphatic rings. The summed E-state index contributed by atoms with van der Waals surface area (Å²) in [5.74, 6) is 0.475. The zero-order chi connectivity index (χ0) is 16.1. The van der Waals surface area contributed by atoms with Gasteiger partial charge in [0, 0.05) is 18.5 Å². The van der Waals surface area contributed by atoms with Crippen LogP contribution in [0.15, 0.2) is 54.6 Å². The van der Waals surface area contributed by atoms with Gasteiger partial charge in [0.25, 0.3) is 0 Å². The van der Waals surface area contributed by atoms with Crippen molar-refractivity contribution in [3.05, 3.63) is 71.3 Å². The molecule has 0 spiro atoms. The number of aryl methyl sites for hydroxylation is 1. The van der Waals surface area contributed by atoms with Crippen molar-refractivity contribution < 1.29 is 4.79 Å². The third-order valence-corrected chi connectivity index (χ3v) is 4.47. The predicted molar refractivity (Wildman–Crippen MR) is 93.6 cm³/mol. The maximum Gasteiger partial charge on any atom is 0.315 e. The summed E-state index contributed by atoms with van der Waals surface area (Å²) < 4.78 is 0. The van der Waals surface area contributed by atoms with Gasteiger partial charge in [-0.1, -0.05) is 61.5 Å². The van der Waals surface area contributed by atoms with Gasteiger partial charge >= 0.3 is 6.03 Å². The summed E-state index contributed by atoms with van der Waals surface area (Å²) in [4.78, 5) is 11.9. The van der Waals surface area contributed by atoms with E-state index < -0.39 is 0 Å². The predicted octanol–water partition coefficient (Wildman–Crippen LogP) is 3.65. The van der Waals surface area contributed by atoms with E-state index in [1.54, 1.807) is 0 Å². The molecule has 1 saturated carbocycles. The lowest BCUT2D eigenvalue weighted by atomic mass is 10.1. The zero-order valence-electron chi connectivity index (χ0n) is 13.6. The number of nitrogens with one attached hydrogen (secondary N) is 2. The topological polar surface area (TPSA) is 41.1 Å². The lowest BCUT2D eigenvalue weighted by molar-refractivity contribution is 0.240. The fourth-order valence-electron chi connectivity index (χ4n) is 2.90. The largest absolute Gasteiger partial charge is 0.338 e. The molecule has 23 heavy (non-hydrogen) atoms. The van der Waals surface area contributed by atoms with Gasteiger partial charge in [0.05, 0.1) is 0 Å². The highest BCUT2D eigenvalue weighted by Crippen LogP contribution is 2.40. The molecule has 0 saturated heterocycles. The quantitative estimate of drug-likeness (QED) is 0.840. The fraction of sp³-hybridized carbons (Fsp3) is 0.350. The number of amides is 2. The molecule has 3 rings (SSSR count). The van der Waals surface area contributed by atoms with Gasteiger partial charge in [0.15, 0.2) is 0 Å². The second-order valence-corrected chi connectivity index (χ2v) is 6.18. The Morgan fingerprint density at radius 2 is 1.74 bits per heavy atom. The third kappa shape index (κ3) is 4.35. The lowest BCUT2D eigenvalue weighted by Crippen LogP contribution is -2.38. The normalized spacial score (nSPS) is 19.2. The SMILES string of the molecule is CCc1ccc(CCNC(=O)NC2CC2c2ccccc2)cc1. The minimum atomic E-state index is -0.0568. The first-order valence-corrected chi connectivity index (χ1v) is 8.43. The van der Waals surface area contributed by atoms with Crippen LogP contribution in [0, 0.1) is 0 Å². The van der Waals surface area contributed by atoms with Crippen LogP contribution in [0.5, 0.6) is 0 Å². The molecular formula is C20H24N2O. The van der Waals surface area contributed by atoms with Crippen LogP contribution in [0.1, 0.15) is 36.0 Å². The van der Waals surface area contributed by atoms with Crippen LogP contribution in [0.3, 0.4) is 0 Å². The number of urea groups is 1. The molecule has 2 amide bonds. The maximum absolute atomic E-state index is 11.9. The second-order valence-electron chi connectivity index (χ2n) is 6.18. The number of rotatable bonds is 6. The first-order chi connectivity index (χ1) is 11.3. The number of hydrogen-bond donors (Lipinski definition) is 2. The number of hydrogen-bond acceptors (Lipinski definition) is 1. The summed E-state index contributed by atoms with van der Waals surface area (Å²) >= 11 is 0. The highest BCUT2D eigenvalue weighted by atomic mass is 16.2. The van der Waals surface area contributed by atoms with Gasteiger partial charge in [-0.05, 0) is 36.0 Å². The molecule has 0 aromatic heterocycles. The summed E-state index contributed by atoms with van der Waals surface area (Å²) in [6, 6.07) is 19.2. The molecule has 0 bridgehead atoms. The Morgan fingerprint density at radius 1 is 1.04 bits per heavy atom. The van der Waals surface area contributed by atoms with E-state index in [0.29, 0.717) is 12.5 Å². The minimum absolute atomic E-state index is 0.0568. The third-order valence-electron chi connectivity index (χ3n) is 4.47. The average molecular weight is 308 g/mol. The highest BCUT2D eigenvalue weighted by Gasteiger charge is 2.39. The summed E-state index contributed by atoms with van der Waals surface area (Å²) in [6.07, 6.45) is 2.96. The summed E-state index contributed by atoms with van der Waals surface area (Å²) in [5, 5.41) is 6.01. The molecule has 3 nitrogen and oxygen atoms in total. The molecule has 0 aliphatic heterocycles. The van der Waals surface area contributed by atoms with Crippen molar-refractivity contribution in [1.82, 2.24) is 10.6 Å². The Morgan fingerprint density at radius 3 is 2.43 bits per heavy atom. The number of carbonyl (C=O) groups excluding carboxylic acids is 1. The summed E-state index contributed by atoms with van der Waals surface area (Å²) in [7, 11) is 0. The van der Waals surface area contributed by atoms with E-state index in [1.807, 2.05) is 6.07 Å². The van der Waals surface area contributed by atoms with Crippen molar-refractivity contribution >= 4 is 6.03 Å². The molecule has 0 radical (unpaired) electrons. The molecule has 2 unspecified atom stereocenters. The van der Waals surface area contributed by atoms with Crippen LogP contribution in [-0.2, 0) is 12.8 Å². The van der Waals surface area contributed by atoms with E-state index in [9.17, 15) is 4.79 Å². The van der Waals surface area contributed by atoms with Crippen molar-refractivity contribution in [2.75, 3.05) is 6.54 Å². The minimum Gasteiger partial charge on any atom is -0.338 e. The van der Waals surface area contributed by atoms with Gasteiger partial charge in [0.2, 0.25) is 0 Å². The van der Waals surface area contributed by atoms with E-state index in [4.69, 9.17) is 0 Å². The van der Waals surface area contributed by atoms with Crippen LogP contribution in [-0.4, -0.2) is 18.6 Å². The number of carbonyl (C=O) groups is 1. The lowest BCUT2D eigenvalue weighted by Gasteiger charge is -2.08. The molecule has 1 aliphatic carbocycles. The van der Waals surface area contributed by atoms with Gasteiger partial charge in [-0.2, -0.15) is 0 Å². The van der Waals surface area contributed by atoms with Crippen LogP contribution < -0.4 is 10.6 Å². The molecular weight excluding hydrogens is 284 g/mol. The van der Waals surface area contributed by atoms with Gasteiger partial charge < -0.3 is 10.6 Å². The second kappa shape index (κ2) is 7.32. The Balaban J connectivity index is 1.37. The molecule has 2 aromatic rings. The molecule has 1 fully saturated rings. The van der Waals surface area contributed by atoms with Gasteiger partial charge in [-0.3, -0.25) is 0 Å². The Bertz CT molecular complexity index is 636. The Hall–Kier alpha value is -2.29. The zero-order valence-corrected chi connectivity index (χ0v) is 13.6. The van der Waals surface area contributed by atoms with Crippen LogP contribution >= 0.6 is 0 Å². The van der Waals surface area contributed by atoms with Gasteiger partial charge in [-0.25, -0.2) is 4.79 Å². The number of benzene rings is 2. The van der Waals surface area contributed by atoms with Gasteiger partial charge in [0.1, 0.15) is 0 Å². The first kappa shape index (κ1) is 15.6. The van der Waals surface area contributed by atoms with Crippen molar-refractivity contribution in [3.8, 4) is 0 Å². The standard InChI is InChI=1S/C20H24N2O/c1-2-15-8-10-16(11-9-15)12-13-21-20(23)22-19-14-18(19)17-6-4-3-5-7-17/h3-11,18-19H,2,12-14H2,1H3,(H2,21,22,23). The van der Waals surface area contributed by atoms with Crippen LogP contribution in [0.4, 0.5) is 4.79 Å². The van der Waals surface area contributed by atoms with Crippen molar-refractivity contribution in [2.45, 2.75) is 38.1 Å². The molecule has 3 heteroatoms. The summed E-state index contributed by atoms with van der Waals surface area (Å²) in [5.41, 5.74) is 3.92. The Kier molecular flexibility index (Phi) is 4.96. The van der Waals surface area contributed by atoms with E-state index in [2.05, 4.69) is 66.1 Å². The molecule has 2 atom stereocenters. The maximum atomic E-state index is 11.9.